The number of benzene rings is 1. The van der Waals surface area contributed by atoms with Crippen molar-refractivity contribution in [3.05, 3.63) is 65.5 Å². The zero-order chi connectivity index (χ0) is 19.2. The highest BCUT2D eigenvalue weighted by atomic mass is 16.5. The van der Waals surface area contributed by atoms with Crippen LogP contribution in [0.25, 0.3) is 6.08 Å². The van der Waals surface area contributed by atoms with Gasteiger partial charge >= 0.3 is 0 Å². The fourth-order valence-electron chi connectivity index (χ4n) is 3.40. The first-order chi connectivity index (χ1) is 13.1. The molecule has 0 spiro atoms. The van der Waals surface area contributed by atoms with Gasteiger partial charge in [0.05, 0.1) is 7.11 Å². The zero-order valence-electron chi connectivity index (χ0n) is 15.7. The Morgan fingerprint density at radius 3 is 2.85 bits per heavy atom. The predicted octanol–water partition coefficient (Wildman–Crippen LogP) is 3.53. The Morgan fingerprint density at radius 1 is 1.30 bits per heavy atom. The fourth-order valence-corrected chi connectivity index (χ4v) is 3.40. The second-order valence-corrected chi connectivity index (χ2v) is 6.79. The molecule has 1 atom stereocenters. The van der Waals surface area contributed by atoms with E-state index in [0.29, 0.717) is 18.7 Å². The normalized spacial score (nSPS) is 17.1. The number of nitrogens with zero attached hydrogens (tertiary/aromatic N) is 2. The van der Waals surface area contributed by atoms with Crippen LogP contribution in [0.3, 0.4) is 0 Å². The van der Waals surface area contributed by atoms with E-state index in [2.05, 4.69) is 4.98 Å². The summed E-state index contributed by atoms with van der Waals surface area (Å²) >= 11 is 0. The number of pyridine rings is 1. The van der Waals surface area contributed by atoms with E-state index in [4.69, 9.17) is 4.74 Å². The van der Waals surface area contributed by atoms with Crippen LogP contribution in [0.15, 0.2) is 48.8 Å². The maximum atomic E-state index is 13.0. The summed E-state index contributed by atoms with van der Waals surface area (Å²) in [5.41, 5.74) is 2.49. The third-order valence-corrected chi connectivity index (χ3v) is 4.91. The van der Waals surface area contributed by atoms with Crippen LogP contribution in [0.1, 0.15) is 34.3 Å². The molecular weight excluding hydrogens is 340 g/mol. The highest BCUT2D eigenvalue weighted by Gasteiger charge is 2.29. The molecule has 1 aromatic heterocycles. The zero-order valence-corrected chi connectivity index (χ0v) is 15.7. The van der Waals surface area contributed by atoms with Gasteiger partial charge in [-0.3, -0.25) is 14.6 Å². The van der Waals surface area contributed by atoms with Crippen molar-refractivity contribution >= 4 is 17.8 Å². The van der Waals surface area contributed by atoms with Gasteiger partial charge in [-0.15, -0.1) is 0 Å². The summed E-state index contributed by atoms with van der Waals surface area (Å²) in [6.07, 6.45) is 8.36. The van der Waals surface area contributed by atoms with E-state index in [0.717, 1.165) is 29.7 Å². The summed E-state index contributed by atoms with van der Waals surface area (Å²) in [5, 5.41) is 0. The van der Waals surface area contributed by atoms with Crippen molar-refractivity contribution < 1.29 is 14.3 Å². The Hall–Kier alpha value is -2.95. The van der Waals surface area contributed by atoms with Crippen LogP contribution in [0.5, 0.6) is 5.75 Å². The summed E-state index contributed by atoms with van der Waals surface area (Å²) < 4.78 is 5.21. The van der Waals surface area contributed by atoms with Crippen molar-refractivity contribution in [3.8, 4) is 5.75 Å². The molecule has 1 aromatic carbocycles. The number of carbonyl (C=O) groups excluding carboxylic acids is 2. The lowest BCUT2D eigenvalue weighted by molar-refractivity contribution is -0.127. The van der Waals surface area contributed by atoms with E-state index >= 15 is 0 Å². The van der Waals surface area contributed by atoms with Gasteiger partial charge in [0.15, 0.2) is 5.78 Å². The minimum absolute atomic E-state index is 0.0668. The second kappa shape index (κ2) is 8.62. The predicted molar refractivity (Wildman–Crippen MR) is 105 cm³/mol. The lowest BCUT2D eigenvalue weighted by Crippen LogP contribution is -2.41. The molecule has 0 radical (unpaired) electrons. The quantitative estimate of drug-likeness (QED) is 0.601. The molecule has 1 saturated heterocycles. The molecule has 5 nitrogen and oxygen atoms in total. The summed E-state index contributed by atoms with van der Waals surface area (Å²) in [5.74, 6) is 0.610. The van der Waals surface area contributed by atoms with E-state index < -0.39 is 0 Å². The first-order valence-electron chi connectivity index (χ1n) is 9.14. The molecule has 0 N–H and O–H groups in total. The van der Waals surface area contributed by atoms with Gasteiger partial charge in [-0.05, 0) is 61.2 Å². The van der Waals surface area contributed by atoms with Gasteiger partial charge in [0, 0.05) is 43.0 Å². The van der Waals surface area contributed by atoms with Crippen LogP contribution in [-0.4, -0.2) is 41.8 Å². The topological polar surface area (TPSA) is 59.5 Å². The van der Waals surface area contributed by atoms with Crippen molar-refractivity contribution in [2.45, 2.75) is 19.8 Å². The van der Waals surface area contributed by atoms with E-state index in [9.17, 15) is 9.59 Å². The van der Waals surface area contributed by atoms with Crippen molar-refractivity contribution in [3.63, 3.8) is 0 Å². The number of Topliss-reactive ketones (excluding diaryl/α,β-unsaturated/α-hetero) is 1. The van der Waals surface area contributed by atoms with E-state index in [1.807, 2.05) is 37.3 Å². The van der Waals surface area contributed by atoms with Crippen molar-refractivity contribution in [2.75, 3.05) is 20.2 Å². The molecule has 1 amide bonds. The van der Waals surface area contributed by atoms with Gasteiger partial charge in [-0.25, -0.2) is 0 Å². The number of ketones is 1. The van der Waals surface area contributed by atoms with Crippen molar-refractivity contribution in [2.24, 2.45) is 5.92 Å². The Balaban J connectivity index is 1.67. The molecule has 1 fully saturated rings. The van der Waals surface area contributed by atoms with E-state index in [1.165, 1.54) is 0 Å². The number of methoxy groups -OCH3 is 1. The summed E-state index contributed by atoms with van der Waals surface area (Å²) in [6.45, 7) is 3.06. The number of amides is 1. The molecule has 140 valence electrons. The molecule has 0 bridgehead atoms. The summed E-state index contributed by atoms with van der Waals surface area (Å²) in [7, 11) is 1.61. The van der Waals surface area contributed by atoms with Crippen LogP contribution in [-0.2, 0) is 4.79 Å². The van der Waals surface area contributed by atoms with Crippen LogP contribution >= 0.6 is 0 Å². The number of aryl methyl sites for hydroxylation is 1. The molecular formula is C22H24N2O3. The van der Waals surface area contributed by atoms with Gasteiger partial charge in [-0.1, -0.05) is 6.07 Å². The number of carbonyl (C=O) groups is 2. The van der Waals surface area contributed by atoms with Gasteiger partial charge in [0.2, 0.25) is 5.91 Å². The number of likely N-dealkylation sites (tertiary alicyclic amines) is 1. The van der Waals surface area contributed by atoms with Crippen molar-refractivity contribution in [1.29, 1.82) is 0 Å². The number of rotatable bonds is 5. The molecule has 1 aliphatic rings. The number of ether oxygens (including phenoxy) is 1. The highest BCUT2D eigenvalue weighted by molar-refractivity contribution is 6.00. The second-order valence-electron chi connectivity index (χ2n) is 6.79. The van der Waals surface area contributed by atoms with Gasteiger partial charge in [0.1, 0.15) is 5.75 Å². The Labute approximate surface area is 159 Å². The number of piperidine rings is 1. The molecule has 0 aliphatic carbocycles. The Morgan fingerprint density at radius 2 is 2.15 bits per heavy atom. The minimum Gasteiger partial charge on any atom is -0.497 e. The molecule has 2 heterocycles. The first-order valence-corrected chi connectivity index (χ1v) is 9.14. The molecule has 27 heavy (non-hydrogen) atoms. The lowest BCUT2D eigenvalue weighted by Gasteiger charge is -2.31. The SMILES string of the molecule is COc1ccc(C(=O)C2CCCN(C(=O)/C=C/c3cccnc3)C2)c(C)c1. The van der Waals surface area contributed by atoms with Gasteiger partial charge in [0.25, 0.3) is 0 Å². The average Bonchev–Trinajstić information content (AvgIpc) is 2.72. The number of aromatic nitrogens is 1. The molecule has 2 aromatic rings. The third kappa shape index (κ3) is 4.61. The van der Waals surface area contributed by atoms with Crippen molar-refractivity contribution in [1.82, 2.24) is 9.88 Å². The lowest BCUT2D eigenvalue weighted by atomic mass is 9.88. The Kier molecular flexibility index (Phi) is 6.01. The van der Waals surface area contributed by atoms with E-state index in [1.54, 1.807) is 36.6 Å². The summed E-state index contributed by atoms with van der Waals surface area (Å²) in [4.78, 5) is 31.3. The molecule has 5 heteroatoms. The molecule has 3 rings (SSSR count). The average molecular weight is 364 g/mol. The fraction of sp³-hybridized carbons (Fsp3) is 0.318. The van der Waals surface area contributed by atoms with Crippen LogP contribution in [0.4, 0.5) is 0 Å². The van der Waals surface area contributed by atoms with Crippen LogP contribution in [0.2, 0.25) is 0 Å². The molecule has 1 aliphatic heterocycles. The standard InChI is InChI=1S/C22H24N2O3/c1-16-13-19(27-2)8-9-20(16)22(26)18-6-4-12-24(15-18)21(25)10-7-17-5-3-11-23-14-17/h3,5,7-11,13-14,18H,4,6,12,15H2,1-2H3/b10-7+. The third-order valence-electron chi connectivity index (χ3n) is 4.91. The monoisotopic (exact) mass is 364 g/mol. The smallest absolute Gasteiger partial charge is 0.246 e. The summed E-state index contributed by atoms with van der Waals surface area (Å²) in [6, 6.07) is 9.22. The Bertz CT molecular complexity index is 846. The van der Waals surface area contributed by atoms with Crippen LogP contribution in [0, 0.1) is 12.8 Å². The maximum absolute atomic E-state index is 13.0. The van der Waals surface area contributed by atoms with Gasteiger partial charge < -0.3 is 9.64 Å². The molecule has 0 saturated carbocycles. The van der Waals surface area contributed by atoms with Crippen LogP contribution < -0.4 is 4.74 Å². The minimum atomic E-state index is -0.165. The number of hydrogen-bond acceptors (Lipinski definition) is 4. The number of hydrogen-bond donors (Lipinski definition) is 0. The first kappa shape index (κ1) is 18.8. The largest absolute Gasteiger partial charge is 0.497 e. The molecule has 1 unspecified atom stereocenters. The van der Waals surface area contributed by atoms with E-state index in [-0.39, 0.29) is 17.6 Å². The maximum Gasteiger partial charge on any atom is 0.246 e. The van der Waals surface area contributed by atoms with Gasteiger partial charge in [-0.2, -0.15) is 0 Å². The highest BCUT2D eigenvalue weighted by Crippen LogP contribution is 2.25.